The monoisotopic (exact) mass is 267 g/mol. The van der Waals surface area contributed by atoms with E-state index in [1.54, 1.807) is 0 Å². The summed E-state index contributed by atoms with van der Waals surface area (Å²) in [6, 6.07) is 7.89. The highest BCUT2D eigenvalue weighted by atomic mass is 16.1. The van der Waals surface area contributed by atoms with Gasteiger partial charge in [-0.15, -0.1) is 0 Å². The van der Waals surface area contributed by atoms with E-state index in [4.69, 9.17) is 0 Å². The summed E-state index contributed by atoms with van der Waals surface area (Å²) in [5.74, 6) is -0.0572. The number of hydrogen-bond donors (Lipinski definition) is 1. The molecule has 1 amide bonds. The van der Waals surface area contributed by atoms with Gasteiger partial charge in [0.25, 0.3) is 5.91 Å². The van der Waals surface area contributed by atoms with Crippen LogP contribution in [-0.4, -0.2) is 5.91 Å². The van der Waals surface area contributed by atoms with Crippen LogP contribution >= 0.6 is 0 Å². The van der Waals surface area contributed by atoms with Gasteiger partial charge in [0.2, 0.25) is 0 Å². The summed E-state index contributed by atoms with van der Waals surface area (Å²) in [4.78, 5) is 12.1. The van der Waals surface area contributed by atoms with Crippen molar-refractivity contribution in [1.29, 1.82) is 0 Å². The maximum Gasteiger partial charge on any atom is 0.255 e. The predicted octanol–water partition coefficient (Wildman–Crippen LogP) is 4.16. The molecule has 0 aromatic heterocycles. The van der Waals surface area contributed by atoms with Crippen molar-refractivity contribution in [3.63, 3.8) is 0 Å². The van der Waals surface area contributed by atoms with Gasteiger partial charge in [0.1, 0.15) is 0 Å². The fraction of sp³-hybridized carbons (Fsp3) is 0.278. The van der Waals surface area contributed by atoms with Gasteiger partial charge in [-0.1, -0.05) is 43.7 Å². The molecular formula is C18H21NO. The van der Waals surface area contributed by atoms with E-state index >= 15 is 0 Å². The third kappa shape index (κ3) is 4.23. The van der Waals surface area contributed by atoms with Gasteiger partial charge in [-0.05, 0) is 49.1 Å². The van der Waals surface area contributed by atoms with Crippen molar-refractivity contribution in [2.45, 2.75) is 32.6 Å². The summed E-state index contributed by atoms with van der Waals surface area (Å²) in [6.45, 7) is 2.18. The smallest absolute Gasteiger partial charge is 0.255 e. The molecule has 1 N–H and O–H groups in total. The number of aryl methyl sites for hydroxylation is 1. The Morgan fingerprint density at radius 2 is 2.00 bits per heavy atom. The summed E-state index contributed by atoms with van der Waals surface area (Å²) in [7, 11) is 0. The Balaban J connectivity index is 1.98. The first kappa shape index (κ1) is 14.3. The number of unbranched alkanes of at least 4 members (excludes halogenated alkanes) is 1. The molecule has 0 saturated carbocycles. The summed E-state index contributed by atoms with van der Waals surface area (Å²) in [5, 5.41) is 2.92. The Kier molecular flexibility index (Phi) is 5.36. The zero-order valence-electron chi connectivity index (χ0n) is 11.9. The standard InChI is InChI=1S/C18H21NO/c1-2-3-8-15-11-13-16(14-12-15)18(20)19-17-9-6-4-5-7-10-17/h4,6-7,9-14H,2-3,5,8H2,1H3,(H,19,20). The molecule has 1 aromatic rings. The Morgan fingerprint density at radius 1 is 1.20 bits per heavy atom. The normalized spacial score (nSPS) is 13.8. The van der Waals surface area contributed by atoms with Gasteiger partial charge >= 0.3 is 0 Å². The second kappa shape index (κ2) is 7.49. The molecule has 0 heterocycles. The number of hydrogen-bond acceptors (Lipinski definition) is 1. The van der Waals surface area contributed by atoms with Crippen LogP contribution in [0.15, 0.2) is 60.3 Å². The van der Waals surface area contributed by atoms with E-state index < -0.39 is 0 Å². The predicted molar refractivity (Wildman–Crippen MR) is 83.5 cm³/mol. The van der Waals surface area contributed by atoms with Crippen LogP contribution in [0, 0.1) is 0 Å². The summed E-state index contributed by atoms with van der Waals surface area (Å²) in [5.41, 5.74) is 2.83. The topological polar surface area (TPSA) is 29.1 Å². The van der Waals surface area contributed by atoms with Crippen molar-refractivity contribution >= 4 is 5.91 Å². The van der Waals surface area contributed by atoms with Crippen LogP contribution < -0.4 is 5.32 Å². The third-order valence-electron chi connectivity index (χ3n) is 3.27. The van der Waals surface area contributed by atoms with Gasteiger partial charge in [-0.25, -0.2) is 0 Å². The fourth-order valence-electron chi connectivity index (χ4n) is 2.07. The minimum absolute atomic E-state index is 0.0572. The molecule has 1 aromatic carbocycles. The maximum atomic E-state index is 12.1. The van der Waals surface area contributed by atoms with Crippen molar-refractivity contribution in [2.75, 3.05) is 0 Å². The highest BCUT2D eigenvalue weighted by Gasteiger charge is 2.06. The molecule has 0 fully saturated rings. The van der Waals surface area contributed by atoms with E-state index in [2.05, 4.69) is 18.3 Å². The zero-order valence-corrected chi connectivity index (χ0v) is 11.9. The number of allylic oxidation sites excluding steroid dienone is 5. The van der Waals surface area contributed by atoms with E-state index in [0.29, 0.717) is 5.56 Å². The molecule has 0 unspecified atom stereocenters. The molecule has 0 aliphatic heterocycles. The number of nitrogens with one attached hydrogen (secondary N) is 1. The van der Waals surface area contributed by atoms with Gasteiger partial charge in [0.05, 0.1) is 0 Å². The lowest BCUT2D eigenvalue weighted by atomic mass is 10.1. The molecule has 0 radical (unpaired) electrons. The van der Waals surface area contributed by atoms with Crippen molar-refractivity contribution in [3.05, 3.63) is 71.5 Å². The summed E-state index contributed by atoms with van der Waals surface area (Å²) >= 11 is 0. The van der Waals surface area contributed by atoms with E-state index in [0.717, 1.165) is 18.5 Å². The van der Waals surface area contributed by atoms with Crippen LogP contribution in [0.3, 0.4) is 0 Å². The van der Waals surface area contributed by atoms with Crippen molar-refractivity contribution in [2.24, 2.45) is 0 Å². The van der Waals surface area contributed by atoms with Gasteiger partial charge in [0, 0.05) is 11.3 Å². The second-order valence-electron chi connectivity index (χ2n) is 4.94. The molecular weight excluding hydrogens is 246 g/mol. The molecule has 0 atom stereocenters. The van der Waals surface area contributed by atoms with Gasteiger partial charge in [0.15, 0.2) is 0 Å². The zero-order chi connectivity index (χ0) is 14.2. The fourth-order valence-corrected chi connectivity index (χ4v) is 2.07. The lowest BCUT2D eigenvalue weighted by Crippen LogP contribution is -2.21. The first-order valence-corrected chi connectivity index (χ1v) is 7.23. The third-order valence-corrected chi connectivity index (χ3v) is 3.27. The SMILES string of the molecule is CCCCc1ccc(C(=O)NC2=CC=CCC=C2)cc1. The quantitative estimate of drug-likeness (QED) is 0.852. The van der Waals surface area contributed by atoms with E-state index in [9.17, 15) is 4.79 Å². The minimum Gasteiger partial charge on any atom is -0.322 e. The highest BCUT2D eigenvalue weighted by Crippen LogP contribution is 2.09. The lowest BCUT2D eigenvalue weighted by molar-refractivity contribution is 0.0967. The lowest BCUT2D eigenvalue weighted by Gasteiger charge is -2.06. The molecule has 1 aliphatic rings. The molecule has 0 bridgehead atoms. The first-order valence-electron chi connectivity index (χ1n) is 7.23. The van der Waals surface area contributed by atoms with Crippen molar-refractivity contribution in [3.8, 4) is 0 Å². The van der Waals surface area contributed by atoms with E-state index in [1.807, 2.05) is 48.6 Å². The Morgan fingerprint density at radius 3 is 2.75 bits per heavy atom. The van der Waals surface area contributed by atoms with Gasteiger partial charge in [-0.3, -0.25) is 4.79 Å². The molecule has 20 heavy (non-hydrogen) atoms. The largest absolute Gasteiger partial charge is 0.322 e. The summed E-state index contributed by atoms with van der Waals surface area (Å²) < 4.78 is 0. The van der Waals surface area contributed by atoms with Crippen molar-refractivity contribution < 1.29 is 4.79 Å². The second-order valence-corrected chi connectivity index (χ2v) is 4.94. The molecule has 2 rings (SSSR count). The van der Waals surface area contributed by atoms with Crippen LogP contribution in [0.1, 0.15) is 42.1 Å². The Bertz CT molecular complexity index is 535. The Hall–Kier alpha value is -2.09. The van der Waals surface area contributed by atoms with Crippen LogP contribution in [-0.2, 0) is 6.42 Å². The van der Waals surface area contributed by atoms with Crippen LogP contribution in [0.2, 0.25) is 0 Å². The van der Waals surface area contributed by atoms with Crippen LogP contribution in [0.25, 0.3) is 0 Å². The number of carbonyl (C=O) groups excluding carboxylic acids is 1. The average molecular weight is 267 g/mol. The number of amides is 1. The molecule has 1 aliphatic carbocycles. The molecule has 2 heteroatoms. The maximum absolute atomic E-state index is 12.1. The highest BCUT2D eigenvalue weighted by molar-refractivity contribution is 5.95. The van der Waals surface area contributed by atoms with Gasteiger partial charge in [-0.2, -0.15) is 0 Å². The van der Waals surface area contributed by atoms with E-state index in [-0.39, 0.29) is 5.91 Å². The number of rotatable bonds is 5. The number of benzene rings is 1. The van der Waals surface area contributed by atoms with Crippen LogP contribution in [0.4, 0.5) is 0 Å². The number of carbonyl (C=O) groups is 1. The summed E-state index contributed by atoms with van der Waals surface area (Å²) in [6.07, 6.45) is 14.3. The van der Waals surface area contributed by atoms with Gasteiger partial charge < -0.3 is 5.32 Å². The molecule has 0 saturated heterocycles. The Labute approximate surface area is 120 Å². The van der Waals surface area contributed by atoms with Crippen LogP contribution in [0.5, 0.6) is 0 Å². The molecule has 104 valence electrons. The van der Waals surface area contributed by atoms with E-state index in [1.165, 1.54) is 18.4 Å². The average Bonchev–Trinajstić information content (AvgIpc) is 2.74. The molecule has 2 nitrogen and oxygen atoms in total. The first-order chi connectivity index (χ1) is 9.79. The molecule has 0 spiro atoms. The minimum atomic E-state index is -0.0572. The van der Waals surface area contributed by atoms with Crippen molar-refractivity contribution in [1.82, 2.24) is 5.32 Å².